The van der Waals surface area contributed by atoms with Gasteiger partial charge < -0.3 is 13.9 Å². The van der Waals surface area contributed by atoms with Crippen LogP contribution in [0, 0.1) is 5.92 Å². The second-order valence-electron chi connectivity index (χ2n) is 10.1. The lowest BCUT2D eigenvalue weighted by Gasteiger charge is -2.29. The first-order chi connectivity index (χ1) is 18.8. The molecule has 2 aromatic carbocycles. The number of carbonyl (C=O) groups is 3. The number of allylic oxidation sites excluding steroid dienone is 4. The molecule has 1 aromatic heterocycles. The summed E-state index contributed by atoms with van der Waals surface area (Å²) in [6.07, 6.45) is 4.13. The maximum absolute atomic E-state index is 13.8. The van der Waals surface area contributed by atoms with Crippen LogP contribution < -0.4 is 0 Å². The third-order valence-corrected chi connectivity index (χ3v) is 7.18. The van der Waals surface area contributed by atoms with Crippen LogP contribution in [0.25, 0.3) is 17.4 Å². The van der Waals surface area contributed by atoms with Gasteiger partial charge in [-0.1, -0.05) is 62.4 Å². The molecule has 0 saturated carbocycles. The monoisotopic (exact) mass is 522 g/mol. The summed E-state index contributed by atoms with van der Waals surface area (Å²) >= 11 is 0. The van der Waals surface area contributed by atoms with E-state index in [1.165, 1.54) is 5.56 Å². The predicted octanol–water partition coefficient (Wildman–Crippen LogP) is 7.00. The van der Waals surface area contributed by atoms with Crippen molar-refractivity contribution in [2.24, 2.45) is 5.92 Å². The summed E-state index contributed by atoms with van der Waals surface area (Å²) in [5, 5.41) is 0. The highest BCUT2D eigenvalue weighted by Crippen LogP contribution is 2.48. The first-order valence-corrected chi connectivity index (χ1v) is 13.1. The van der Waals surface area contributed by atoms with Crippen LogP contribution in [0.2, 0.25) is 0 Å². The zero-order valence-electron chi connectivity index (χ0n) is 22.4. The molecule has 2 aliphatic rings. The van der Waals surface area contributed by atoms with Crippen LogP contribution in [0.4, 0.5) is 0 Å². The molecule has 5 rings (SSSR count). The molecule has 2 atom stereocenters. The third-order valence-electron chi connectivity index (χ3n) is 7.18. The van der Waals surface area contributed by atoms with Gasteiger partial charge in [-0.3, -0.25) is 9.59 Å². The molecular weight excluding hydrogens is 492 g/mol. The van der Waals surface area contributed by atoms with E-state index in [-0.39, 0.29) is 18.1 Å². The number of ether oxygens (including phenoxy) is 2. The molecule has 1 fully saturated rings. The van der Waals surface area contributed by atoms with E-state index in [0.717, 1.165) is 17.4 Å². The minimum Gasteiger partial charge on any atom is -0.463 e. The molecule has 2 unspecified atom stereocenters. The Morgan fingerprint density at radius 2 is 1.72 bits per heavy atom. The maximum Gasteiger partial charge on any atom is 0.334 e. The molecule has 1 saturated heterocycles. The van der Waals surface area contributed by atoms with Crippen molar-refractivity contribution >= 4 is 24.1 Å². The number of hydrogen-bond donors (Lipinski definition) is 0. The van der Waals surface area contributed by atoms with Crippen molar-refractivity contribution in [3.05, 3.63) is 112 Å². The number of esters is 1. The highest BCUT2D eigenvalue weighted by Gasteiger charge is 2.48. The maximum atomic E-state index is 13.8. The van der Waals surface area contributed by atoms with E-state index in [9.17, 15) is 14.4 Å². The Kier molecular flexibility index (Phi) is 7.20. The molecule has 0 N–H and O–H groups in total. The van der Waals surface area contributed by atoms with E-state index in [4.69, 9.17) is 13.9 Å². The van der Waals surface area contributed by atoms with Gasteiger partial charge in [0.05, 0.1) is 12.5 Å². The van der Waals surface area contributed by atoms with Gasteiger partial charge in [0.2, 0.25) is 5.78 Å². The lowest BCUT2D eigenvalue weighted by atomic mass is 9.73. The fourth-order valence-corrected chi connectivity index (χ4v) is 5.15. The van der Waals surface area contributed by atoms with E-state index in [0.29, 0.717) is 39.9 Å². The van der Waals surface area contributed by atoms with Gasteiger partial charge in [0.25, 0.3) is 0 Å². The number of Topliss-reactive ketones (excluding diaryl/α,β-unsaturated/α-hetero) is 1. The zero-order valence-corrected chi connectivity index (χ0v) is 22.4. The molecule has 0 radical (unpaired) electrons. The highest BCUT2D eigenvalue weighted by molar-refractivity contribution is 6.06. The summed E-state index contributed by atoms with van der Waals surface area (Å²) in [6, 6.07) is 18.7. The lowest BCUT2D eigenvalue weighted by Crippen LogP contribution is -2.28. The van der Waals surface area contributed by atoms with E-state index >= 15 is 0 Å². The van der Waals surface area contributed by atoms with Crippen molar-refractivity contribution in [1.82, 2.24) is 0 Å². The Hall–Kier alpha value is -4.45. The Morgan fingerprint density at radius 1 is 1.00 bits per heavy atom. The van der Waals surface area contributed by atoms with E-state index < -0.39 is 17.8 Å². The molecule has 2 heterocycles. The van der Waals surface area contributed by atoms with Crippen molar-refractivity contribution < 1.29 is 28.3 Å². The predicted molar refractivity (Wildman–Crippen MR) is 148 cm³/mol. The van der Waals surface area contributed by atoms with Crippen LogP contribution in [0.3, 0.4) is 0 Å². The fraction of sp³-hybridized carbons (Fsp3) is 0.242. The molecule has 6 heteroatoms. The van der Waals surface area contributed by atoms with Crippen molar-refractivity contribution in [3.63, 3.8) is 0 Å². The van der Waals surface area contributed by atoms with Crippen molar-refractivity contribution in [2.75, 3.05) is 6.61 Å². The number of carbonyl (C=O) groups excluding carboxylic acids is 3. The minimum absolute atomic E-state index is 0.158. The minimum atomic E-state index is -0.686. The van der Waals surface area contributed by atoms with Crippen molar-refractivity contribution in [2.45, 2.75) is 39.5 Å². The Balaban J connectivity index is 1.50. The molecule has 198 valence electrons. The molecule has 3 aromatic rings. The standard InChI is InChI=1S/C33H30O6/c1-5-37-33(36)29-20(4)16-27-31(30(29)24-12-10-22(11-13-24)19(2)3)32(35)28(39-27)17-25-14-15-26(38-25)23-8-6-21(18-34)7-9-23/h6-19,30-31H,5H2,1-4H3/b28-17-. The zero-order chi connectivity index (χ0) is 27.7. The average Bonchev–Trinajstić information content (AvgIpc) is 3.52. The smallest absolute Gasteiger partial charge is 0.334 e. The van der Waals surface area contributed by atoms with Gasteiger partial charge in [-0.15, -0.1) is 0 Å². The topological polar surface area (TPSA) is 82.8 Å². The van der Waals surface area contributed by atoms with Crippen LogP contribution >= 0.6 is 0 Å². The first-order valence-electron chi connectivity index (χ1n) is 13.1. The summed E-state index contributed by atoms with van der Waals surface area (Å²) < 4.78 is 17.5. The Morgan fingerprint density at radius 3 is 2.36 bits per heavy atom. The van der Waals surface area contributed by atoms with Crippen LogP contribution in [0.5, 0.6) is 0 Å². The molecule has 1 aliphatic carbocycles. The number of ketones is 1. The molecule has 6 nitrogen and oxygen atoms in total. The SMILES string of the molecule is CCOC(=O)C1=C(C)C=C2O/C(=C\c3ccc(-c4ccc(C=O)cc4)o3)C(=O)C2C1c1ccc(C(C)C)cc1. The summed E-state index contributed by atoms with van der Waals surface area (Å²) in [5.41, 5.74) is 4.60. The van der Waals surface area contributed by atoms with E-state index in [2.05, 4.69) is 13.8 Å². The number of hydrogen-bond acceptors (Lipinski definition) is 6. The van der Waals surface area contributed by atoms with E-state index in [1.807, 2.05) is 31.2 Å². The van der Waals surface area contributed by atoms with Gasteiger partial charge in [-0.2, -0.15) is 0 Å². The quantitative estimate of drug-likeness (QED) is 0.189. The second kappa shape index (κ2) is 10.7. The second-order valence-corrected chi connectivity index (χ2v) is 10.1. The van der Waals surface area contributed by atoms with Gasteiger partial charge in [0, 0.05) is 28.7 Å². The van der Waals surface area contributed by atoms with Gasteiger partial charge in [0.1, 0.15) is 23.6 Å². The largest absolute Gasteiger partial charge is 0.463 e. The molecule has 0 spiro atoms. The van der Waals surface area contributed by atoms with Gasteiger partial charge in [-0.25, -0.2) is 4.79 Å². The fourth-order valence-electron chi connectivity index (χ4n) is 5.15. The molecule has 1 aliphatic heterocycles. The highest BCUT2D eigenvalue weighted by atomic mass is 16.5. The van der Waals surface area contributed by atoms with Crippen LogP contribution in [-0.2, 0) is 19.1 Å². The number of aldehydes is 1. The first kappa shape index (κ1) is 26.2. The van der Waals surface area contributed by atoms with Gasteiger partial charge in [-0.05, 0) is 54.7 Å². The number of rotatable bonds is 7. The molecule has 0 amide bonds. The van der Waals surface area contributed by atoms with Crippen LogP contribution in [0.15, 0.2) is 93.8 Å². The Bertz CT molecular complexity index is 1510. The summed E-state index contributed by atoms with van der Waals surface area (Å²) in [4.78, 5) is 37.8. The molecule has 0 bridgehead atoms. The Labute approximate surface area is 227 Å². The number of fused-ring (bicyclic) bond motifs is 1. The number of benzene rings is 2. The summed E-state index contributed by atoms with van der Waals surface area (Å²) in [5.74, 6) is 0.214. The third kappa shape index (κ3) is 5.02. The summed E-state index contributed by atoms with van der Waals surface area (Å²) in [6.45, 7) is 8.09. The normalized spacial score (nSPS) is 19.7. The number of furan rings is 1. The van der Waals surface area contributed by atoms with E-state index in [1.54, 1.807) is 55.5 Å². The lowest BCUT2D eigenvalue weighted by molar-refractivity contribution is -0.139. The molecule has 39 heavy (non-hydrogen) atoms. The van der Waals surface area contributed by atoms with Crippen molar-refractivity contribution in [3.8, 4) is 11.3 Å². The van der Waals surface area contributed by atoms with Gasteiger partial charge in [0.15, 0.2) is 5.76 Å². The summed E-state index contributed by atoms with van der Waals surface area (Å²) in [7, 11) is 0. The van der Waals surface area contributed by atoms with Crippen molar-refractivity contribution in [1.29, 1.82) is 0 Å². The molecular formula is C33H30O6. The van der Waals surface area contributed by atoms with Crippen LogP contribution in [0.1, 0.15) is 66.8 Å². The average molecular weight is 523 g/mol. The van der Waals surface area contributed by atoms with Gasteiger partial charge >= 0.3 is 5.97 Å². The van der Waals surface area contributed by atoms with Crippen LogP contribution in [-0.4, -0.2) is 24.6 Å².